The molecule has 0 radical (unpaired) electrons. The molecule has 1 aliphatic heterocycles. The van der Waals surface area contributed by atoms with Gasteiger partial charge in [-0.25, -0.2) is 0 Å². The molecule has 7 nitrogen and oxygen atoms in total. The van der Waals surface area contributed by atoms with Crippen molar-refractivity contribution in [1.82, 2.24) is 25.0 Å². The minimum atomic E-state index is -0.166. The normalized spacial score (nSPS) is 13.6. The summed E-state index contributed by atoms with van der Waals surface area (Å²) < 4.78 is 1.79. The molecule has 30 heavy (non-hydrogen) atoms. The highest BCUT2D eigenvalue weighted by Gasteiger charge is 2.20. The molecule has 0 saturated carbocycles. The first-order chi connectivity index (χ1) is 14.7. The molecule has 0 spiro atoms. The van der Waals surface area contributed by atoms with Crippen LogP contribution in [0.1, 0.15) is 35.2 Å². The second-order valence-electron chi connectivity index (χ2n) is 7.41. The van der Waals surface area contributed by atoms with E-state index in [-0.39, 0.29) is 11.8 Å². The maximum atomic E-state index is 12.9. The maximum Gasteiger partial charge on any atom is 0.255 e. The van der Waals surface area contributed by atoms with Crippen molar-refractivity contribution < 1.29 is 9.59 Å². The average molecular weight is 403 g/mol. The van der Waals surface area contributed by atoms with Gasteiger partial charge in [-0.3, -0.25) is 19.3 Å². The lowest BCUT2D eigenvalue weighted by Gasteiger charge is -2.15. The molecule has 2 amide bonds. The summed E-state index contributed by atoms with van der Waals surface area (Å²) in [5, 5.41) is 7.64. The minimum Gasteiger partial charge on any atom is -0.352 e. The smallest absolute Gasteiger partial charge is 0.255 e. The number of hydrogen-bond acceptors (Lipinski definition) is 4. The van der Waals surface area contributed by atoms with E-state index < -0.39 is 0 Å². The van der Waals surface area contributed by atoms with Gasteiger partial charge in [0.1, 0.15) is 5.69 Å². The fraction of sp³-hybridized carbons (Fsp3) is 0.304. The molecule has 1 aromatic carbocycles. The molecule has 1 aliphatic rings. The Kier molecular flexibility index (Phi) is 6.17. The number of benzene rings is 1. The van der Waals surface area contributed by atoms with Crippen molar-refractivity contribution in [3.63, 3.8) is 0 Å². The second kappa shape index (κ2) is 9.35. The van der Waals surface area contributed by atoms with Crippen LogP contribution in [0, 0.1) is 0 Å². The summed E-state index contributed by atoms with van der Waals surface area (Å²) in [5.41, 5.74) is 3.06. The first-order valence-corrected chi connectivity index (χ1v) is 10.3. The molecule has 0 unspecified atom stereocenters. The number of carbonyl (C=O) groups is 2. The Hall–Kier alpha value is -3.48. The predicted molar refractivity (Wildman–Crippen MR) is 114 cm³/mol. The molecule has 4 rings (SSSR count). The number of nitrogens with zero attached hydrogens (tertiary/aromatic N) is 4. The SMILES string of the molecule is O=C(NCCCN1CCCC1=O)c1cn(Cc2ccccc2)nc1-c1cccnc1. The lowest BCUT2D eigenvalue weighted by molar-refractivity contribution is -0.127. The molecule has 0 aliphatic carbocycles. The van der Waals surface area contributed by atoms with Gasteiger partial charge in [0.15, 0.2) is 0 Å². The molecule has 0 atom stereocenters. The van der Waals surface area contributed by atoms with Gasteiger partial charge in [-0.1, -0.05) is 30.3 Å². The van der Waals surface area contributed by atoms with E-state index in [4.69, 9.17) is 0 Å². The molecule has 1 fully saturated rings. The summed E-state index contributed by atoms with van der Waals surface area (Å²) in [6.45, 7) is 2.60. The van der Waals surface area contributed by atoms with Crippen molar-refractivity contribution in [3.8, 4) is 11.3 Å². The molecular weight excluding hydrogens is 378 g/mol. The molecule has 0 bridgehead atoms. The molecular formula is C23H25N5O2. The number of nitrogens with one attached hydrogen (secondary N) is 1. The number of carbonyl (C=O) groups excluding carboxylic acids is 2. The highest BCUT2D eigenvalue weighted by atomic mass is 16.2. The molecule has 1 saturated heterocycles. The summed E-state index contributed by atoms with van der Waals surface area (Å²) in [5.74, 6) is 0.0447. The Labute approximate surface area is 175 Å². The standard InChI is InChI=1S/C23H25N5O2/c29-21-10-5-13-27(21)14-6-12-25-23(30)20-17-28(16-18-7-2-1-3-8-18)26-22(20)19-9-4-11-24-15-19/h1-4,7-9,11,15,17H,5-6,10,12-14,16H2,(H,25,30). The Morgan fingerprint density at radius 1 is 1.13 bits per heavy atom. The van der Waals surface area contributed by atoms with Gasteiger partial charge >= 0.3 is 0 Å². The Bertz CT molecular complexity index is 1000. The van der Waals surface area contributed by atoms with Crippen molar-refractivity contribution in [3.05, 3.63) is 72.2 Å². The molecule has 3 heterocycles. The van der Waals surface area contributed by atoms with E-state index in [0.29, 0.717) is 37.3 Å². The minimum absolute atomic E-state index is 0.166. The maximum absolute atomic E-state index is 12.9. The van der Waals surface area contributed by atoms with Gasteiger partial charge in [-0.15, -0.1) is 0 Å². The van der Waals surface area contributed by atoms with E-state index in [0.717, 1.165) is 30.5 Å². The van der Waals surface area contributed by atoms with Crippen LogP contribution in [0.15, 0.2) is 61.1 Å². The number of rotatable bonds is 8. The van der Waals surface area contributed by atoms with Gasteiger partial charge in [-0.2, -0.15) is 5.10 Å². The van der Waals surface area contributed by atoms with Gasteiger partial charge in [0.2, 0.25) is 5.91 Å². The first-order valence-electron chi connectivity index (χ1n) is 10.3. The lowest BCUT2D eigenvalue weighted by atomic mass is 10.1. The van der Waals surface area contributed by atoms with Crippen LogP contribution in [0.25, 0.3) is 11.3 Å². The zero-order valence-corrected chi connectivity index (χ0v) is 16.8. The monoisotopic (exact) mass is 403 g/mol. The van der Waals surface area contributed by atoms with Crippen LogP contribution in [0.2, 0.25) is 0 Å². The Morgan fingerprint density at radius 2 is 2.00 bits per heavy atom. The highest BCUT2D eigenvalue weighted by molar-refractivity contribution is 5.99. The van der Waals surface area contributed by atoms with Gasteiger partial charge in [0.05, 0.1) is 12.1 Å². The van der Waals surface area contributed by atoms with Crippen LogP contribution in [-0.2, 0) is 11.3 Å². The number of pyridine rings is 1. The van der Waals surface area contributed by atoms with Gasteiger partial charge in [0, 0.05) is 50.2 Å². The van der Waals surface area contributed by atoms with E-state index >= 15 is 0 Å². The molecule has 1 N–H and O–H groups in total. The zero-order chi connectivity index (χ0) is 20.8. The third kappa shape index (κ3) is 4.74. The number of aromatic nitrogens is 3. The lowest BCUT2D eigenvalue weighted by Crippen LogP contribution is -2.30. The molecule has 2 aromatic heterocycles. The zero-order valence-electron chi connectivity index (χ0n) is 16.8. The van der Waals surface area contributed by atoms with E-state index in [1.807, 2.05) is 47.4 Å². The van der Waals surface area contributed by atoms with Crippen molar-refractivity contribution in [2.75, 3.05) is 19.6 Å². The fourth-order valence-corrected chi connectivity index (χ4v) is 3.66. The molecule has 154 valence electrons. The Balaban J connectivity index is 1.46. The van der Waals surface area contributed by atoms with Crippen molar-refractivity contribution in [2.24, 2.45) is 0 Å². The van der Waals surface area contributed by atoms with Crippen LogP contribution in [0.3, 0.4) is 0 Å². The largest absolute Gasteiger partial charge is 0.352 e. The summed E-state index contributed by atoms with van der Waals surface area (Å²) in [4.78, 5) is 30.6. The van der Waals surface area contributed by atoms with Crippen LogP contribution in [0.4, 0.5) is 0 Å². The van der Waals surface area contributed by atoms with E-state index in [9.17, 15) is 9.59 Å². The molecule has 3 aromatic rings. The van der Waals surface area contributed by atoms with E-state index in [1.54, 1.807) is 23.3 Å². The number of amides is 2. The average Bonchev–Trinajstić information content (AvgIpc) is 3.38. The quantitative estimate of drug-likeness (QED) is 0.587. The summed E-state index contributed by atoms with van der Waals surface area (Å²) in [7, 11) is 0. The van der Waals surface area contributed by atoms with Crippen molar-refractivity contribution in [2.45, 2.75) is 25.8 Å². The number of likely N-dealkylation sites (tertiary alicyclic amines) is 1. The summed E-state index contributed by atoms with van der Waals surface area (Å²) in [6.07, 6.45) is 7.50. The second-order valence-corrected chi connectivity index (χ2v) is 7.41. The third-order valence-corrected chi connectivity index (χ3v) is 5.19. The fourth-order valence-electron chi connectivity index (χ4n) is 3.66. The van der Waals surface area contributed by atoms with Gasteiger partial charge < -0.3 is 10.2 Å². The number of hydrogen-bond donors (Lipinski definition) is 1. The van der Waals surface area contributed by atoms with Crippen LogP contribution in [0.5, 0.6) is 0 Å². The summed E-state index contributed by atoms with van der Waals surface area (Å²) >= 11 is 0. The predicted octanol–water partition coefficient (Wildman–Crippen LogP) is 2.74. The van der Waals surface area contributed by atoms with Crippen LogP contribution >= 0.6 is 0 Å². The topological polar surface area (TPSA) is 80.1 Å². The van der Waals surface area contributed by atoms with Gasteiger partial charge in [0.25, 0.3) is 5.91 Å². The van der Waals surface area contributed by atoms with Crippen molar-refractivity contribution in [1.29, 1.82) is 0 Å². The Morgan fingerprint density at radius 3 is 2.73 bits per heavy atom. The van der Waals surface area contributed by atoms with Gasteiger partial charge in [-0.05, 0) is 30.5 Å². The van der Waals surface area contributed by atoms with E-state index in [2.05, 4.69) is 15.4 Å². The van der Waals surface area contributed by atoms with Crippen LogP contribution in [-0.4, -0.2) is 51.1 Å². The van der Waals surface area contributed by atoms with Crippen LogP contribution < -0.4 is 5.32 Å². The molecule has 7 heteroatoms. The third-order valence-electron chi connectivity index (χ3n) is 5.19. The van der Waals surface area contributed by atoms with E-state index in [1.165, 1.54) is 0 Å². The van der Waals surface area contributed by atoms with Crippen molar-refractivity contribution >= 4 is 11.8 Å². The highest BCUT2D eigenvalue weighted by Crippen LogP contribution is 2.22. The summed E-state index contributed by atoms with van der Waals surface area (Å²) in [6, 6.07) is 13.7. The first kappa shape index (κ1) is 19.8.